The number of benzene rings is 1. The van der Waals surface area contributed by atoms with Crippen molar-refractivity contribution in [3.8, 4) is 5.75 Å². The number of rotatable bonds is 4. The summed E-state index contributed by atoms with van der Waals surface area (Å²) in [7, 11) is 1.67. The molecule has 3 rings (SSSR count). The van der Waals surface area contributed by atoms with Crippen LogP contribution in [-0.4, -0.2) is 18.3 Å². The molecule has 98 valence electrons. The van der Waals surface area contributed by atoms with Crippen LogP contribution in [0.15, 0.2) is 22.7 Å². The van der Waals surface area contributed by atoms with Crippen LogP contribution < -0.4 is 4.74 Å². The molecule has 2 saturated carbocycles. The Morgan fingerprint density at radius 1 is 1.39 bits per heavy atom. The highest BCUT2D eigenvalue weighted by atomic mass is 79.9. The number of aliphatic hydroxyl groups is 1. The van der Waals surface area contributed by atoms with Crippen molar-refractivity contribution in [2.45, 2.75) is 31.8 Å². The summed E-state index contributed by atoms with van der Waals surface area (Å²) in [5.41, 5.74) is 1.18. The van der Waals surface area contributed by atoms with E-state index < -0.39 is 0 Å². The summed E-state index contributed by atoms with van der Waals surface area (Å²) in [6, 6.07) is 6.06. The maximum absolute atomic E-state index is 10.3. The zero-order valence-electron chi connectivity index (χ0n) is 10.6. The number of hydrogen-bond acceptors (Lipinski definition) is 2. The standard InChI is InChI=1S/C15H19BrO2/c1-18-14-6-5-9(7-12(14)16)8-13(17)15-10-3-2-4-11(10)15/h5-7,10-11,13,15,17H,2-4,8H2,1H3. The minimum absolute atomic E-state index is 0.166. The average Bonchev–Trinajstić information content (AvgIpc) is 2.84. The van der Waals surface area contributed by atoms with Crippen molar-refractivity contribution in [2.24, 2.45) is 17.8 Å². The summed E-state index contributed by atoms with van der Waals surface area (Å²) in [4.78, 5) is 0. The quantitative estimate of drug-likeness (QED) is 0.923. The highest BCUT2D eigenvalue weighted by Gasteiger charge is 2.55. The van der Waals surface area contributed by atoms with Crippen molar-refractivity contribution >= 4 is 15.9 Å². The van der Waals surface area contributed by atoms with Gasteiger partial charge in [-0.25, -0.2) is 0 Å². The van der Waals surface area contributed by atoms with Gasteiger partial charge >= 0.3 is 0 Å². The Hall–Kier alpha value is -0.540. The number of fused-ring (bicyclic) bond motifs is 1. The van der Waals surface area contributed by atoms with Gasteiger partial charge in [0.2, 0.25) is 0 Å². The first kappa shape index (κ1) is 12.5. The third kappa shape index (κ3) is 2.19. The van der Waals surface area contributed by atoms with E-state index in [2.05, 4.69) is 22.0 Å². The third-order valence-electron chi connectivity index (χ3n) is 4.58. The number of hydrogen-bond donors (Lipinski definition) is 1. The number of ether oxygens (including phenoxy) is 1. The molecule has 1 aromatic carbocycles. The van der Waals surface area contributed by atoms with Crippen molar-refractivity contribution < 1.29 is 9.84 Å². The van der Waals surface area contributed by atoms with Gasteiger partial charge in [-0.05, 0) is 70.6 Å². The topological polar surface area (TPSA) is 29.5 Å². The molecular weight excluding hydrogens is 292 g/mol. The van der Waals surface area contributed by atoms with Crippen LogP contribution in [0.5, 0.6) is 5.75 Å². The largest absolute Gasteiger partial charge is 0.496 e. The normalized spacial score (nSPS) is 30.9. The minimum atomic E-state index is -0.166. The van der Waals surface area contributed by atoms with E-state index in [1.807, 2.05) is 12.1 Å². The molecule has 2 aliphatic carbocycles. The molecule has 1 N–H and O–H groups in total. The van der Waals surface area contributed by atoms with E-state index in [1.54, 1.807) is 7.11 Å². The molecule has 0 aromatic heterocycles. The van der Waals surface area contributed by atoms with Gasteiger partial charge in [0.1, 0.15) is 5.75 Å². The first-order chi connectivity index (χ1) is 8.70. The van der Waals surface area contributed by atoms with Crippen LogP contribution in [0.25, 0.3) is 0 Å². The molecular formula is C15H19BrO2. The Morgan fingerprint density at radius 3 is 2.72 bits per heavy atom. The van der Waals surface area contributed by atoms with E-state index in [0.29, 0.717) is 5.92 Å². The predicted octanol–water partition coefficient (Wildman–Crippen LogP) is 3.41. The smallest absolute Gasteiger partial charge is 0.133 e. The molecule has 2 aliphatic rings. The van der Waals surface area contributed by atoms with Crippen LogP contribution in [0.4, 0.5) is 0 Å². The second-order valence-corrected chi connectivity index (χ2v) is 6.43. The first-order valence-corrected chi connectivity index (χ1v) is 7.50. The molecule has 0 radical (unpaired) electrons. The summed E-state index contributed by atoms with van der Waals surface area (Å²) < 4.78 is 6.18. The van der Waals surface area contributed by atoms with Crippen LogP contribution in [-0.2, 0) is 6.42 Å². The van der Waals surface area contributed by atoms with Crippen LogP contribution in [0.2, 0.25) is 0 Å². The minimum Gasteiger partial charge on any atom is -0.496 e. The summed E-state index contributed by atoms with van der Waals surface area (Å²) in [6.07, 6.45) is 4.63. The second-order valence-electron chi connectivity index (χ2n) is 5.58. The van der Waals surface area contributed by atoms with Gasteiger partial charge in [-0.1, -0.05) is 12.5 Å². The van der Waals surface area contributed by atoms with Crippen molar-refractivity contribution in [2.75, 3.05) is 7.11 Å². The fourth-order valence-electron chi connectivity index (χ4n) is 3.66. The van der Waals surface area contributed by atoms with E-state index in [0.717, 1.165) is 28.5 Å². The highest BCUT2D eigenvalue weighted by molar-refractivity contribution is 9.10. The van der Waals surface area contributed by atoms with Gasteiger partial charge in [-0.15, -0.1) is 0 Å². The molecule has 0 heterocycles. The third-order valence-corrected chi connectivity index (χ3v) is 5.20. The van der Waals surface area contributed by atoms with Crippen LogP contribution in [0, 0.1) is 17.8 Å². The number of aliphatic hydroxyl groups excluding tert-OH is 1. The fraction of sp³-hybridized carbons (Fsp3) is 0.600. The summed E-state index contributed by atoms with van der Waals surface area (Å²) in [5, 5.41) is 10.3. The lowest BCUT2D eigenvalue weighted by Gasteiger charge is -2.13. The molecule has 0 bridgehead atoms. The lowest BCUT2D eigenvalue weighted by atomic mass is 10.00. The number of methoxy groups -OCH3 is 1. The molecule has 0 aliphatic heterocycles. The summed E-state index contributed by atoms with van der Waals surface area (Å²) in [6.45, 7) is 0. The Labute approximate surface area is 116 Å². The van der Waals surface area contributed by atoms with E-state index in [9.17, 15) is 5.11 Å². The molecule has 3 heteroatoms. The van der Waals surface area contributed by atoms with Crippen LogP contribution in [0.3, 0.4) is 0 Å². The Bertz CT molecular complexity index is 436. The molecule has 3 atom stereocenters. The monoisotopic (exact) mass is 310 g/mol. The van der Waals surface area contributed by atoms with Crippen molar-refractivity contribution in [3.63, 3.8) is 0 Å². The highest BCUT2D eigenvalue weighted by Crippen LogP contribution is 2.59. The van der Waals surface area contributed by atoms with Crippen LogP contribution in [0.1, 0.15) is 24.8 Å². The molecule has 0 amide bonds. The van der Waals surface area contributed by atoms with Gasteiger partial charge in [0.05, 0.1) is 17.7 Å². The SMILES string of the molecule is COc1ccc(CC(O)C2C3CCCC32)cc1Br. The first-order valence-electron chi connectivity index (χ1n) is 6.71. The summed E-state index contributed by atoms with van der Waals surface area (Å²) >= 11 is 3.49. The predicted molar refractivity (Wildman–Crippen MR) is 74.7 cm³/mol. The van der Waals surface area contributed by atoms with E-state index in [-0.39, 0.29) is 6.10 Å². The lowest BCUT2D eigenvalue weighted by Crippen LogP contribution is -2.16. The van der Waals surface area contributed by atoms with Gasteiger partial charge in [0.25, 0.3) is 0 Å². The summed E-state index contributed by atoms with van der Waals surface area (Å²) in [5.74, 6) is 3.06. The van der Waals surface area contributed by atoms with Gasteiger partial charge in [0.15, 0.2) is 0 Å². The zero-order valence-corrected chi connectivity index (χ0v) is 12.2. The molecule has 2 fully saturated rings. The Kier molecular flexibility index (Phi) is 3.37. The second kappa shape index (κ2) is 4.86. The van der Waals surface area contributed by atoms with Crippen molar-refractivity contribution in [1.29, 1.82) is 0 Å². The van der Waals surface area contributed by atoms with E-state index in [4.69, 9.17) is 4.74 Å². The van der Waals surface area contributed by atoms with Gasteiger partial charge in [-0.2, -0.15) is 0 Å². The van der Waals surface area contributed by atoms with E-state index >= 15 is 0 Å². The van der Waals surface area contributed by atoms with Crippen LogP contribution >= 0.6 is 15.9 Å². The van der Waals surface area contributed by atoms with Gasteiger partial charge in [-0.3, -0.25) is 0 Å². The van der Waals surface area contributed by atoms with Crippen molar-refractivity contribution in [3.05, 3.63) is 28.2 Å². The molecule has 3 unspecified atom stereocenters. The van der Waals surface area contributed by atoms with E-state index in [1.165, 1.54) is 24.8 Å². The maximum atomic E-state index is 10.3. The number of halogens is 1. The average molecular weight is 311 g/mol. The molecule has 1 aromatic rings. The maximum Gasteiger partial charge on any atom is 0.133 e. The molecule has 18 heavy (non-hydrogen) atoms. The molecule has 2 nitrogen and oxygen atoms in total. The van der Waals surface area contributed by atoms with Gasteiger partial charge in [0, 0.05) is 0 Å². The fourth-order valence-corrected chi connectivity index (χ4v) is 4.25. The van der Waals surface area contributed by atoms with Crippen molar-refractivity contribution in [1.82, 2.24) is 0 Å². The molecule has 0 saturated heterocycles. The Morgan fingerprint density at radius 2 is 2.11 bits per heavy atom. The molecule has 0 spiro atoms. The zero-order chi connectivity index (χ0) is 12.7. The Balaban J connectivity index is 1.64. The lowest BCUT2D eigenvalue weighted by molar-refractivity contribution is 0.135. The van der Waals surface area contributed by atoms with Gasteiger partial charge < -0.3 is 9.84 Å².